The first kappa shape index (κ1) is 15.3. The first-order valence-electron chi connectivity index (χ1n) is 7.15. The number of pyridine rings is 1. The molecule has 0 saturated carbocycles. The van der Waals surface area contributed by atoms with Gasteiger partial charge in [-0.05, 0) is 38.1 Å². The molecule has 0 aliphatic heterocycles. The summed E-state index contributed by atoms with van der Waals surface area (Å²) in [5, 5.41) is 1.74. The van der Waals surface area contributed by atoms with Crippen molar-refractivity contribution in [1.29, 1.82) is 0 Å². The van der Waals surface area contributed by atoms with Crippen molar-refractivity contribution in [2.75, 3.05) is 11.0 Å². The molecule has 2 aromatic heterocycles. The molecule has 114 valence electrons. The lowest BCUT2D eigenvalue weighted by atomic mass is 10.1. The molecule has 1 N–H and O–H groups in total. The highest BCUT2D eigenvalue weighted by Crippen LogP contribution is 2.34. The van der Waals surface area contributed by atoms with Crippen molar-refractivity contribution in [1.82, 2.24) is 9.55 Å². The maximum Gasteiger partial charge on any atom is 0.129 e. The SMILES string of the molecule is CSNc1ccc2c(-c3ccc(Cl)nc3)cn(C(C)C)c2c1. The van der Waals surface area contributed by atoms with E-state index in [1.807, 2.05) is 24.6 Å². The van der Waals surface area contributed by atoms with Gasteiger partial charge in [0, 0.05) is 46.9 Å². The molecule has 2 heterocycles. The molecular formula is C17H18ClN3S. The van der Waals surface area contributed by atoms with E-state index in [0.717, 1.165) is 11.3 Å². The fourth-order valence-corrected chi connectivity index (χ4v) is 3.10. The molecule has 0 aliphatic rings. The minimum Gasteiger partial charge on any atom is -0.344 e. The van der Waals surface area contributed by atoms with Gasteiger partial charge in [-0.3, -0.25) is 0 Å². The molecular weight excluding hydrogens is 314 g/mol. The lowest BCUT2D eigenvalue weighted by Gasteiger charge is -2.10. The number of nitrogens with one attached hydrogen (secondary N) is 1. The Morgan fingerprint density at radius 1 is 1.23 bits per heavy atom. The van der Waals surface area contributed by atoms with Gasteiger partial charge in [-0.15, -0.1) is 0 Å². The van der Waals surface area contributed by atoms with E-state index in [0.29, 0.717) is 11.2 Å². The van der Waals surface area contributed by atoms with Crippen LogP contribution in [0.4, 0.5) is 5.69 Å². The standard InChI is InChI=1S/C17H18ClN3S/c1-11(2)21-10-15(12-4-7-17(18)19-9-12)14-6-5-13(20-22-3)8-16(14)21/h4-11,20H,1-3H3. The van der Waals surface area contributed by atoms with E-state index in [1.165, 1.54) is 16.5 Å². The zero-order valence-electron chi connectivity index (χ0n) is 12.8. The fraction of sp³-hybridized carbons (Fsp3) is 0.235. The normalized spacial score (nSPS) is 11.3. The van der Waals surface area contributed by atoms with Gasteiger partial charge in [0.1, 0.15) is 5.15 Å². The summed E-state index contributed by atoms with van der Waals surface area (Å²) in [6.07, 6.45) is 6.05. The predicted octanol–water partition coefficient (Wildman–Crippen LogP) is 5.63. The zero-order chi connectivity index (χ0) is 15.7. The average Bonchev–Trinajstić information content (AvgIpc) is 2.87. The molecule has 0 atom stereocenters. The molecule has 0 radical (unpaired) electrons. The van der Waals surface area contributed by atoms with Crippen molar-refractivity contribution in [3.63, 3.8) is 0 Å². The molecule has 0 saturated heterocycles. The molecule has 0 aliphatic carbocycles. The molecule has 5 heteroatoms. The summed E-state index contributed by atoms with van der Waals surface area (Å²) in [5.41, 5.74) is 4.60. The van der Waals surface area contributed by atoms with Crippen LogP contribution in [-0.2, 0) is 0 Å². The Morgan fingerprint density at radius 3 is 2.68 bits per heavy atom. The van der Waals surface area contributed by atoms with Gasteiger partial charge in [0.25, 0.3) is 0 Å². The number of fused-ring (bicyclic) bond motifs is 1. The van der Waals surface area contributed by atoms with Crippen LogP contribution >= 0.6 is 23.5 Å². The quantitative estimate of drug-likeness (QED) is 0.496. The fourth-order valence-electron chi connectivity index (χ4n) is 2.62. The van der Waals surface area contributed by atoms with Crippen molar-refractivity contribution in [3.8, 4) is 11.1 Å². The highest BCUT2D eigenvalue weighted by atomic mass is 35.5. The van der Waals surface area contributed by atoms with Crippen molar-refractivity contribution in [2.24, 2.45) is 0 Å². The lowest BCUT2D eigenvalue weighted by Crippen LogP contribution is -1.98. The maximum atomic E-state index is 5.90. The Hall–Kier alpha value is -1.65. The van der Waals surface area contributed by atoms with Crippen molar-refractivity contribution in [2.45, 2.75) is 19.9 Å². The second kappa shape index (κ2) is 6.23. The third-order valence-electron chi connectivity index (χ3n) is 3.65. The Bertz CT molecular complexity index is 794. The first-order chi connectivity index (χ1) is 10.6. The van der Waals surface area contributed by atoms with E-state index >= 15 is 0 Å². The second-order valence-corrected chi connectivity index (χ2v) is 6.45. The van der Waals surface area contributed by atoms with Crippen molar-refractivity contribution >= 4 is 40.1 Å². The third kappa shape index (κ3) is 2.81. The monoisotopic (exact) mass is 331 g/mol. The number of hydrogen-bond acceptors (Lipinski definition) is 3. The molecule has 1 aromatic carbocycles. The topological polar surface area (TPSA) is 29.9 Å². The second-order valence-electron chi connectivity index (χ2n) is 5.45. The summed E-state index contributed by atoms with van der Waals surface area (Å²) in [7, 11) is 0. The van der Waals surface area contributed by atoms with Gasteiger partial charge in [0.05, 0.1) is 5.52 Å². The van der Waals surface area contributed by atoms with Gasteiger partial charge in [-0.2, -0.15) is 0 Å². The summed E-state index contributed by atoms with van der Waals surface area (Å²) in [4.78, 5) is 4.20. The number of nitrogens with zero attached hydrogens (tertiary/aromatic N) is 2. The summed E-state index contributed by atoms with van der Waals surface area (Å²) in [5.74, 6) is 0. The summed E-state index contributed by atoms with van der Waals surface area (Å²) in [6.45, 7) is 4.38. The number of aromatic nitrogens is 2. The smallest absolute Gasteiger partial charge is 0.129 e. The summed E-state index contributed by atoms with van der Waals surface area (Å²) >= 11 is 7.50. The Morgan fingerprint density at radius 2 is 2.05 bits per heavy atom. The molecule has 0 spiro atoms. The van der Waals surface area contributed by atoms with Gasteiger partial charge < -0.3 is 9.29 Å². The van der Waals surface area contributed by atoms with Crippen LogP contribution in [0.3, 0.4) is 0 Å². The maximum absolute atomic E-state index is 5.90. The minimum absolute atomic E-state index is 0.390. The van der Waals surface area contributed by atoms with Gasteiger partial charge in [-0.1, -0.05) is 29.6 Å². The largest absolute Gasteiger partial charge is 0.344 e. The van der Waals surface area contributed by atoms with Gasteiger partial charge in [-0.25, -0.2) is 4.98 Å². The molecule has 3 aromatic rings. The van der Waals surface area contributed by atoms with Crippen LogP contribution in [0.1, 0.15) is 19.9 Å². The molecule has 3 rings (SSSR count). The van der Waals surface area contributed by atoms with Crippen LogP contribution < -0.4 is 4.72 Å². The van der Waals surface area contributed by atoms with E-state index in [4.69, 9.17) is 11.6 Å². The van der Waals surface area contributed by atoms with Crippen LogP contribution in [0.5, 0.6) is 0 Å². The van der Waals surface area contributed by atoms with Crippen molar-refractivity contribution < 1.29 is 0 Å². The Kier molecular flexibility index (Phi) is 4.32. The van der Waals surface area contributed by atoms with Crippen LogP contribution in [0, 0.1) is 0 Å². The lowest BCUT2D eigenvalue weighted by molar-refractivity contribution is 0.623. The Balaban J connectivity index is 2.20. The minimum atomic E-state index is 0.390. The van der Waals surface area contributed by atoms with Gasteiger partial charge in [0.2, 0.25) is 0 Å². The van der Waals surface area contributed by atoms with Gasteiger partial charge >= 0.3 is 0 Å². The number of rotatable bonds is 4. The van der Waals surface area contributed by atoms with Crippen LogP contribution in [0.25, 0.3) is 22.0 Å². The van der Waals surface area contributed by atoms with Crippen LogP contribution in [0.15, 0.2) is 42.7 Å². The summed E-state index contributed by atoms with van der Waals surface area (Å²) < 4.78 is 5.59. The van der Waals surface area contributed by atoms with Crippen LogP contribution in [0.2, 0.25) is 5.15 Å². The van der Waals surface area contributed by atoms with Gasteiger partial charge in [0.15, 0.2) is 0 Å². The molecule has 0 amide bonds. The first-order valence-corrected chi connectivity index (χ1v) is 8.76. The highest BCUT2D eigenvalue weighted by molar-refractivity contribution is 7.99. The van der Waals surface area contributed by atoms with Crippen molar-refractivity contribution in [3.05, 3.63) is 47.9 Å². The van der Waals surface area contributed by atoms with E-state index in [9.17, 15) is 0 Å². The average molecular weight is 332 g/mol. The van der Waals surface area contributed by atoms with E-state index in [2.05, 4.69) is 52.5 Å². The van der Waals surface area contributed by atoms with E-state index in [1.54, 1.807) is 11.9 Å². The number of halogens is 1. The molecule has 22 heavy (non-hydrogen) atoms. The van der Waals surface area contributed by atoms with E-state index < -0.39 is 0 Å². The third-order valence-corrected chi connectivity index (χ3v) is 4.31. The molecule has 0 fully saturated rings. The Labute approximate surface area is 139 Å². The zero-order valence-corrected chi connectivity index (χ0v) is 14.4. The molecule has 3 nitrogen and oxygen atoms in total. The summed E-state index contributed by atoms with van der Waals surface area (Å²) in [6, 6.07) is 10.7. The number of anilines is 1. The van der Waals surface area contributed by atoms with E-state index in [-0.39, 0.29) is 0 Å². The number of hydrogen-bond donors (Lipinski definition) is 1. The van der Waals surface area contributed by atoms with Crippen LogP contribution in [-0.4, -0.2) is 15.8 Å². The number of benzene rings is 1. The highest BCUT2D eigenvalue weighted by Gasteiger charge is 2.13. The molecule has 0 unspecified atom stereocenters. The molecule has 0 bridgehead atoms. The predicted molar refractivity (Wildman–Crippen MR) is 97.7 cm³/mol.